The number of carbonyl (C=O) groups excluding carboxylic acids is 3. The molecule has 29 heavy (non-hydrogen) atoms. The Morgan fingerprint density at radius 3 is 2.62 bits per heavy atom. The summed E-state index contributed by atoms with van der Waals surface area (Å²) < 4.78 is 5.47. The normalized spacial score (nSPS) is 15.4. The summed E-state index contributed by atoms with van der Waals surface area (Å²) in [6.45, 7) is 0. The average molecular weight is 509 g/mol. The zero-order valence-electron chi connectivity index (χ0n) is 14.7. The number of anilines is 1. The zero-order chi connectivity index (χ0) is 21.3. The number of phenols is 1. The Morgan fingerprint density at radius 1 is 1.24 bits per heavy atom. The number of ether oxygens (including phenoxy) is 1. The molecule has 0 unspecified atom stereocenters. The van der Waals surface area contributed by atoms with Gasteiger partial charge in [-0.2, -0.15) is 0 Å². The van der Waals surface area contributed by atoms with Crippen LogP contribution in [0, 0.1) is 13.7 Å². The third kappa shape index (κ3) is 3.89. The van der Waals surface area contributed by atoms with Crippen LogP contribution in [0.4, 0.5) is 16.2 Å². The molecule has 0 aliphatic carbocycles. The van der Waals surface area contributed by atoms with E-state index < -0.39 is 22.8 Å². The van der Waals surface area contributed by atoms with Crippen LogP contribution in [0.1, 0.15) is 5.56 Å². The summed E-state index contributed by atoms with van der Waals surface area (Å²) in [7, 11) is 1.35. The highest BCUT2D eigenvalue weighted by atomic mass is 127. The lowest BCUT2D eigenvalue weighted by Gasteiger charge is -2.26. The number of nitro groups is 1. The number of non-ortho nitro benzene ring substituents is 1. The van der Waals surface area contributed by atoms with Crippen molar-refractivity contribution in [1.82, 2.24) is 5.32 Å². The number of phenolic OH excluding ortho intramolecular Hbond substituents is 1. The number of halogens is 1. The number of nitrogens with zero attached hydrogens (tertiary/aromatic N) is 2. The van der Waals surface area contributed by atoms with Crippen LogP contribution in [0.3, 0.4) is 0 Å². The summed E-state index contributed by atoms with van der Waals surface area (Å²) in [5, 5.41) is 22.9. The standard InChI is InChI=1S/C18H12IN3O7/c1-29-14-7-9(6-13(19)15(14)23)5-12-16(24)20-18(26)21(17(12)25)10-3-2-4-11(8-10)22(27)28/h2-8,23H,1H3,(H,20,24,26)/b12-5-. The molecule has 10 nitrogen and oxygen atoms in total. The van der Waals surface area contributed by atoms with E-state index in [0.717, 1.165) is 6.07 Å². The molecule has 0 bridgehead atoms. The number of aromatic hydroxyl groups is 1. The van der Waals surface area contributed by atoms with Crippen molar-refractivity contribution in [3.05, 3.63) is 61.2 Å². The Hall–Kier alpha value is -3.48. The first-order valence-electron chi connectivity index (χ1n) is 7.95. The minimum Gasteiger partial charge on any atom is -0.504 e. The topological polar surface area (TPSA) is 139 Å². The van der Waals surface area contributed by atoms with E-state index in [1.807, 2.05) is 27.9 Å². The number of urea groups is 1. The number of benzene rings is 2. The van der Waals surface area contributed by atoms with Gasteiger partial charge in [0.25, 0.3) is 17.5 Å². The molecule has 2 N–H and O–H groups in total. The summed E-state index contributed by atoms with van der Waals surface area (Å²) in [5.41, 5.74) is -0.364. The molecular weight excluding hydrogens is 497 g/mol. The number of methoxy groups -OCH3 is 1. The van der Waals surface area contributed by atoms with Crippen LogP contribution < -0.4 is 15.0 Å². The number of imide groups is 2. The molecule has 2 aromatic rings. The van der Waals surface area contributed by atoms with E-state index in [1.54, 1.807) is 0 Å². The molecule has 148 valence electrons. The minimum atomic E-state index is -1.02. The van der Waals surface area contributed by atoms with Gasteiger partial charge in [0.15, 0.2) is 11.5 Å². The number of hydrogen-bond acceptors (Lipinski definition) is 7. The second-order valence-electron chi connectivity index (χ2n) is 5.79. The third-order valence-electron chi connectivity index (χ3n) is 3.98. The van der Waals surface area contributed by atoms with Crippen molar-refractivity contribution < 1.29 is 29.2 Å². The maximum absolute atomic E-state index is 12.9. The van der Waals surface area contributed by atoms with Gasteiger partial charge in [-0.15, -0.1) is 0 Å². The van der Waals surface area contributed by atoms with E-state index in [0.29, 0.717) is 14.0 Å². The number of nitrogens with one attached hydrogen (secondary N) is 1. The smallest absolute Gasteiger partial charge is 0.335 e. The first-order valence-corrected chi connectivity index (χ1v) is 9.03. The van der Waals surface area contributed by atoms with E-state index in [9.17, 15) is 29.6 Å². The van der Waals surface area contributed by atoms with Crippen LogP contribution in [0.2, 0.25) is 0 Å². The van der Waals surface area contributed by atoms with Crippen LogP contribution in [0.15, 0.2) is 42.0 Å². The Kier molecular flexibility index (Phi) is 5.50. The van der Waals surface area contributed by atoms with Gasteiger partial charge in [-0.05, 0) is 52.4 Å². The fourth-order valence-electron chi connectivity index (χ4n) is 2.64. The Balaban J connectivity index is 2.06. The number of hydrogen-bond donors (Lipinski definition) is 2. The molecule has 11 heteroatoms. The lowest BCUT2D eigenvalue weighted by Crippen LogP contribution is -2.54. The van der Waals surface area contributed by atoms with Gasteiger partial charge in [0.1, 0.15) is 5.57 Å². The van der Waals surface area contributed by atoms with Gasteiger partial charge in [0.05, 0.1) is 21.3 Å². The Bertz CT molecular complexity index is 1100. The van der Waals surface area contributed by atoms with E-state index in [2.05, 4.69) is 0 Å². The lowest BCUT2D eigenvalue weighted by molar-refractivity contribution is -0.384. The lowest BCUT2D eigenvalue weighted by atomic mass is 10.1. The van der Waals surface area contributed by atoms with Crippen molar-refractivity contribution >= 4 is 57.9 Å². The van der Waals surface area contributed by atoms with E-state index in [-0.39, 0.29) is 28.4 Å². The average Bonchev–Trinajstić information content (AvgIpc) is 2.67. The molecule has 3 rings (SSSR count). The monoisotopic (exact) mass is 509 g/mol. The maximum atomic E-state index is 12.9. The van der Waals surface area contributed by atoms with Crippen LogP contribution in [-0.4, -0.2) is 35.0 Å². The number of nitro benzene ring substituents is 1. The molecule has 1 heterocycles. The fourth-order valence-corrected chi connectivity index (χ4v) is 3.26. The van der Waals surface area contributed by atoms with Crippen molar-refractivity contribution in [2.75, 3.05) is 12.0 Å². The zero-order valence-corrected chi connectivity index (χ0v) is 16.9. The van der Waals surface area contributed by atoms with Gasteiger partial charge >= 0.3 is 6.03 Å². The molecule has 0 radical (unpaired) electrons. The van der Waals surface area contributed by atoms with Crippen LogP contribution >= 0.6 is 22.6 Å². The molecule has 1 aliphatic heterocycles. The largest absolute Gasteiger partial charge is 0.504 e. The highest BCUT2D eigenvalue weighted by Gasteiger charge is 2.37. The second kappa shape index (κ2) is 7.87. The van der Waals surface area contributed by atoms with Crippen LogP contribution in [0.25, 0.3) is 6.08 Å². The van der Waals surface area contributed by atoms with E-state index >= 15 is 0 Å². The predicted molar refractivity (Wildman–Crippen MR) is 109 cm³/mol. The third-order valence-corrected chi connectivity index (χ3v) is 4.80. The SMILES string of the molecule is COc1cc(/C=C2/C(=O)NC(=O)N(c3cccc([N+](=O)[O-])c3)C2=O)cc(I)c1O. The van der Waals surface area contributed by atoms with Gasteiger partial charge in [-0.25, -0.2) is 9.69 Å². The summed E-state index contributed by atoms with van der Waals surface area (Å²) in [6.07, 6.45) is 1.23. The van der Waals surface area contributed by atoms with Gasteiger partial charge < -0.3 is 9.84 Å². The molecular formula is C18H12IN3O7. The highest BCUT2D eigenvalue weighted by Crippen LogP contribution is 2.33. The van der Waals surface area contributed by atoms with Gasteiger partial charge in [0.2, 0.25) is 0 Å². The van der Waals surface area contributed by atoms with E-state index in [4.69, 9.17) is 4.74 Å². The first kappa shape index (κ1) is 20.3. The quantitative estimate of drug-likeness (QED) is 0.212. The number of rotatable bonds is 4. The van der Waals surface area contributed by atoms with Crippen LogP contribution in [-0.2, 0) is 9.59 Å². The Morgan fingerprint density at radius 2 is 1.97 bits per heavy atom. The van der Waals surface area contributed by atoms with Gasteiger partial charge in [-0.1, -0.05) is 6.07 Å². The Labute approximate surface area is 177 Å². The molecule has 0 atom stereocenters. The first-order chi connectivity index (χ1) is 13.7. The van der Waals surface area contributed by atoms with Crippen molar-refractivity contribution in [3.8, 4) is 11.5 Å². The summed E-state index contributed by atoms with van der Waals surface area (Å²) in [5.74, 6) is -1.81. The van der Waals surface area contributed by atoms with Crippen LogP contribution in [0.5, 0.6) is 11.5 Å². The number of amides is 4. The maximum Gasteiger partial charge on any atom is 0.335 e. The van der Waals surface area contributed by atoms with Crippen molar-refractivity contribution in [3.63, 3.8) is 0 Å². The molecule has 2 aromatic carbocycles. The van der Waals surface area contributed by atoms with Crippen molar-refractivity contribution in [2.45, 2.75) is 0 Å². The number of barbiturate groups is 1. The van der Waals surface area contributed by atoms with E-state index in [1.165, 1.54) is 43.5 Å². The second-order valence-corrected chi connectivity index (χ2v) is 6.95. The molecule has 0 spiro atoms. The molecule has 0 aromatic heterocycles. The molecule has 1 aliphatic rings. The number of carbonyl (C=O) groups is 3. The van der Waals surface area contributed by atoms with Gasteiger partial charge in [0, 0.05) is 12.1 Å². The predicted octanol–water partition coefficient (Wildman–Crippen LogP) is 2.58. The van der Waals surface area contributed by atoms with Gasteiger partial charge in [-0.3, -0.25) is 25.0 Å². The summed E-state index contributed by atoms with van der Waals surface area (Å²) in [4.78, 5) is 48.3. The molecule has 0 saturated carbocycles. The minimum absolute atomic E-state index is 0.0574. The van der Waals surface area contributed by atoms with Crippen molar-refractivity contribution in [2.24, 2.45) is 0 Å². The van der Waals surface area contributed by atoms with Crippen molar-refractivity contribution in [1.29, 1.82) is 0 Å². The summed E-state index contributed by atoms with van der Waals surface area (Å²) in [6, 6.07) is 6.83. The highest BCUT2D eigenvalue weighted by molar-refractivity contribution is 14.1. The fraction of sp³-hybridized carbons (Fsp3) is 0.0556. The molecule has 1 fully saturated rings. The summed E-state index contributed by atoms with van der Waals surface area (Å²) >= 11 is 1.86. The molecule has 4 amide bonds. The molecule has 1 saturated heterocycles.